The molecule has 1 aromatic carbocycles. The maximum Gasteiger partial charge on any atom is 0.416 e. The molecule has 24 heavy (non-hydrogen) atoms. The largest absolute Gasteiger partial charge is 0.416 e. The van der Waals surface area contributed by atoms with Crippen LogP contribution in [0, 0.1) is 5.41 Å². The van der Waals surface area contributed by atoms with Crippen molar-refractivity contribution in [1.29, 1.82) is 0 Å². The summed E-state index contributed by atoms with van der Waals surface area (Å²) < 4.78 is 37.7. The molecule has 130 valence electrons. The third kappa shape index (κ3) is 5.06. The molecule has 2 rings (SSSR count). The van der Waals surface area contributed by atoms with Gasteiger partial charge >= 0.3 is 6.18 Å². The number of benzene rings is 1. The number of halogens is 3. The minimum Gasteiger partial charge on any atom is -0.388 e. The van der Waals surface area contributed by atoms with Crippen LogP contribution in [0.3, 0.4) is 0 Å². The molecule has 0 amide bonds. The van der Waals surface area contributed by atoms with Gasteiger partial charge in [-0.05, 0) is 42.0 Å². The zero-order valence-electron chi connectivity index (χ0n) is 14.1. The molecule has 1 heterocycles. The van der Waals surface area contributed by atoms with Crippen molar-refractivity contribution in [3.05, 3.63) is 53.7 Å². The normalized spacial score (nSPS) is 13.8. The number of pyridine rings is 1. The van der Waals surface area contributed by atoms with E-state index in [2.05, 4.69) is 25.8 Å². The monoisotopic (exact) mass is 337 g/mol. The summed E-state index contributed by atoms with van der Waals surface area (Å²) in [4.78, 5) is 4.27. The van der Waals surface area contributed by atoms with E-state index in [1.807, 2.05) is 0 Å². The highest BCUT2D eigenvalue weighted by Crippen LogP contribution is 2.31. The van der Waals surface area contributed by atoms with Gasteiger partial charge in [-0.2, -0.15) is 13.2 Å². The molecule has 1 N–H and O–H groups in total. The summed E-state index contributed by atoms with van der Waals surface area (Å²) in [5.74, 6) is 0. The Balaban J connectivity index is 2.09. The molecule has 0 radical (unpaired) electrons. The molecule has 0 fully saturated rings. The van der Waals surface area contributed by atoms with Crippen molar-refractivity contribution >= 4 is 0 Å². The zero-order valence-corrected chi connectivity index (χ0v) is 14.1. The lowest BCUT2D eigenvalue weighted by Gasteiger charge is -2.20. The summed E-state index contributed by atoms with van der Waals surface area (Å²) in [5.41, 5.74) is 1.37. The van der Waals surface area contributed by atoms with E-state index in [1.54, 1.807) is 18.3 Å². The number of alkyl halides is 3. The zero-order chi connectivity index (χ0) is 18.0. The molecule has 0 aliphatic rings. The molecule has 5 heteroatoms. The highest BCUT2D eigenvalue weighted by molar-refractivity contribution is 5.59. The molecule has 2 aromatic rings. The molecular weight excluding hydrogens is 315 g/mol. The van der Waals surface area contributed by atoms with Crippen molar-refractivity contribution in [3.63, 3.8) is 0 Å². The van der Waals surface area contributed by atoms with E-state index in [9.17, 15) is 18.3 Å². The van der Waals surface area contributed by atoms with E-state index < -0.39 is 17.8 Å². The van der Waals surface area contributed by atoms with Crippen LogP contribution < -0.4 is 0 Å². The Morgan fingerprint density at radius 2 is 1.62 bits per heavy atom. The van der Waals surface area contributed by atoms with E-state index in [1.165, 1.54) is 12.1 Å². The maximum atomic E-state index is 12.6. The number of rotatable bonds is 4. The van der Waals surface area contributed by atoms with E-state index in [-0.39, 0.29) is 5.41 Å². The average molecular weight is 337 g/mol. The second-order valence-electron chi connectivity index (χ2n) is 7.17. The van der Waals surface area contributed by atoms with E-state index in [4.69, 9.17) is 0 Å². The lowest BCUT2D eigenvalue weighted by molar-refractivity contribution is -0.137. The SMILES string of the molecule is CC(C)(C)CC[C@H](O)c1ccc(-c2ccc(C(F)(F)F)cc2)nc1. The summed E-state index contributed by atoms with van der Waals surface area (Å²) in [6, 6.07) is 8.39. The number of nitrogens with zero attached hydrogens (tertiary/aromatic N) is 1. The van der Waals surface area contributed by atoms with Crippen molar-refractivity contribution in [1.82, 2.24) is 4.98 Å². The quantitative estimate of drug-likeness (QED) is 0.784. The number of hydrogen-bond donors (Lipinski definition) is 1. The van der Waals surface area contributed by atoms with Crippen molar-refractivity contribution in [2.24, 2.45) is 5.41 Å². The first-order chi connectivity index (χ1) is 11.1. The molecular formula is C19H22F3NO. The summed E-state index contributed by atoms with van der Waals surface area (Å²) in [5, 5.41) is 10.2. The predicted molar refractivity (Wildman–Crippen MR) is 88.3 cm³/mol. The molecule has 0 bridgehead atoms. The van der Waals surface area contributed by atoms with E-state index in [0.717, 1.165) is 24.1 Å². The molecule has 0 aliphatic carbocycles. The highest BCUT2D eigenvalue weighted by Gasteiger charge is 2.30. The summed E-state index contributed by atoms with van der Waals surface area (Å²) >= 11 is 0. The lowest BCUT2D eigenvalue weighted by Crippen LogP contribution is -2.08. The van der Waals surface area contributed by atoms with Gasteiger partial charge in [0.05, 0.1) is 17.4 Å². The predicted octanol–water partition coefficient (Wildman–Crippen LogP) is 5.63. The standard InChI is InChI=1S/C19H22F3NO/c1-18(2,3)11-10-17(24)14-6-9-16(23-12-14)13-4-7-15(8-5-13)19(20,21)22/h4-9,12,17,24H,10-11H2,1-3H3/t17-/m0/s1. The fourth-order valence-electron chi connectivity index (χ4n) is 2.34. The van der Waals surface area contributed by atoms with Gasteiger partial charge in [0, 0.05) is 11.8 Å². The molecule has 0 aliphatic heterocycles. The van der Waals surface area contributed by atoms with Gasteiger partial charge in [-0.3, -0.25) is 4.98 Å². The fraction of sp³-hybridized carbons (Fsp3) is 0.421. The van der Waals surface area contributed by atoms with Gasteiger partial charge in [-0.15, -0.1) is 0 Å². The highest BCUT2D eigenvalue weighted by atomic mass is 19.4. The Bertz CT molecular complexity index is 655. The smallest absolute Gasteiger partial charge is 0.388 e. The third-order valence-corrected chi connectivity index (χ3v) is 3.85. The van der Waals surface area contributed by atoms with Crippen LogP contribution in [0.15, 0.2) is 42.6 Å². The van der Waals surface area contributed by atoms with Gasteiger partial charge < -0.3 is 5.11 Å². The topological polar surface area (TPSA) is 33.1 Å². The van der Waals surface area contributed by atoms with Gasteiger partial charge in [-0.25, -0.2) is 0 Å². The number of aliphatic hydroxyl groups is 1. The Kier molecular flexibility index (Phi) is 5.33. The Morgan fingerprint density at radius 3 is 2.08 bits per heavy atom. The van der Waals surface area contributed by atoms with Gasteiger partial charge in [0.15, 0.2) is 0 Å². The lowest BCUT2D eigenvalue weighted by atomic mass is 9.88. The van der Waals surface area contributed by atoms with Crippen LogP contribution in [0.1, 0.15) is 50.8 Å². The molecule has 1 aromatic heterocycles. The van der Waals surface area contributed by atoms with Crippen LogP contribution in [0.2, 0.25) is 0 Å². The molecule has 0 saturated carbocycles. The Hall–Kier alpha value is -1.88. The molecule has 0 unspecified atom stereocenters. The Morgan fingerprint density at radius 1 is 1.00 bits per heavy atom. The maximum absolute atomic E-state index is 12.6. The first-order valence-electron chi connectivity index (χ1n) is 7.88. The minimum atomic E-state index is -4.34. The minimum absolute atomic E-state index is 0.147. The Labute approximate surface area is 140 Å². The second-order valence-corrected chi connectivity index (χ2v) is 7.17. The van der Waals surface area contributed by atoms with Gasteiger partial charge in [0.25, 0.3) is 0 Å². The summed E-state index contributed by atoms with van der Waals surface area (Å²) in [7, 11) is 0. The molecule has 0 saturated heterocycles. The first-order valence-corrected chi connectivity index (χ1v) is 7.88. The van der Waals surface area contributed by atoms with Gasteiger partial charge in [0.1, 0.15) is 0 Å². The van der Waals surface area contributed by atoms with Gasteiger partial charge in [0.2, 0.25) is 0 Å². The van der Waals surface area contributed by atoms with Crippen LogP contribution in [0.5, 0.6) is 0 Å². The van der Waals surface area contributed by atoms with Crippen LogP contribution in [0.4, 0.5) is 13.2 Å². The number of hydrogen-bond acceptors (Lipinski definition) is 2. The van der Waals surface area contributed by atoms with Crippen molar-refractivity contribution in [2.75, 3.05) is 0 Å². The molecule has 1 atom stereocenters. The number of aromatic nitrogens is 1. The molecule has 0 spiro atoms. The van der Waals surface area contributed by atoms with E-state index in [0.29, 0.717) is 17.7 Å². The van der Waals surface area contributed by atoms with Crippen LogP contribution in [-0.4, -0.2) is 10.1 Å². The van der Waals surface area contributed by atoms with Crippen molar-refractivity contribution in [2.45, 2.75) is 45.9 Å². The first kappa shape index (κ1) is 18.5. The average Bonchev–Trinajstić information content (AvgIpc) is 2.51. The fourth-order valence-corrected chi connectivity index (χ4v) is 2.34. The van der Waals surface area contributed by atoms with Crippen molar-refractivity contribution < 1.29 is 18.3 Å². The number of aliphatic hydroxyl groups excluding tert-OH is 1. The summed E-state index contributed by atoms with van der Waals surface area (Å²) in [6.07, 6.45) is -1.81. The second kappa shape index (κ2) is 6.93. The summed E-state index contributed by atoms with van der Waals surface area (Å²) in [6.45, 7) is 6.35. The van der Waals surface area contributed by atoms with Crippen LogP contribution >= 0.6 is 0 Å². The van der Waals surface area contributed by atoms with E-state index >= 15 is 0 Å². The van der Waals surface area contributed by atoms with Crippen LogP contribution in [-0.2, 0) is 6.18 Å². The third-order valence-electron chi connectivity index (χ3n) is 3.85. The van der Waals surface area contributed by atoms with Gasteiger partial charge in [-0.1, -0.05) is 39.0 Å². The van der Waals surface area contributed by atoms with Crippen molar-refractivity contribution in [3.8, 4) is 11.3 Å². The molecule has 2 nitrogen and oxygen atoms in total. The van der Waals surface area contributed by atoms with Crippen LogP contribution in [0.25, 0.3) is 11.3 Å².